The Morgan fingerprint density at radius 2 is 2.11 bits per heavy atom. The number of aromatic nitrogens is 2. The van der Waals surface area contributed by atoms with E-state index in [2.05, 4.69) is 15.3 Å². The molecule has 1 aromatic rings. The maximum atomic E-state index is 12.1. The van der Waals surface area contributed by atoms with Gasteiger partial charge in [-0.25, -0.2) is 9.97 Å². The van der Waals surface area contributed by atoms with Gasteiger partial charge in [-0.2, -0.15) is 0 Å². The van der Waals surface area contributed by atoms with Crippen LogP contribution in [0.4, 0.5) is 0 Å². The highest BCUT2D eigenvalue weighted by Crippen LogP contribution is 2.09. The zero-order valence-corrected chi connectivity index (χ0v) is 12.2. The van der Waals surface area contributed by atoms with Gasteiger partial charge in [0, 0.05) is 26.3 Å². The zero-order valence-electron chi connectivity index (χ0n) is 11.4. The quantitative estimate of drug-likeness (QED) is 0.833. The minimum atomic E-state index is -0.294. The van der Waals surface area contributed by atoms with Crippen molar-refractivity contribution < 1.29 is 9.59 Å². The monoisotopic (exact) mass is 284 g/mol. The summed E-state index contributed by atoms with van der Waals surface area (Å²) in [5.41, 5.74) is 0.847. The van der Waals surface area contributed by atoms with Crippen LogP contribution >= 0.6 is 11.6 Å². The predicted octanol–water partition coefficient (Wildman–Crippen LogP) is 0.893. The first-order chi connectivity index (χ1) is 8.85. The molecule has 7 heteroatoms. The molecule has 0 aliphatic rings. The highest BCUT2D eigenvalue weighted by molar-refractivity contribution is 6.28. The van der Waals surface area contributed by atoms with Crippen LogP contribution in [0.2, 0.25) is 5.28 Å². The van der Waals surface area contributed by atoms with E-state index in [-0.39, 0.29) is 28.7 Å². The number of rotatable bonds is 4. The number of hydrogen-bond acceptors (Lipinski definition) is 4. The second-order valence-electron chi connectivity index (χ2n) is 4.36. The highest BCUT2D eigenvalue weighted by atomic mass is 35.5. The van der Waals surface area contributed by atoms with Crippen LogP contribution in [-0.4, -0.2) is 47.3 Å². The maximum Gasteiger partial charge on any atom is 0.272 e. The molecule has 0 spiro atoms. The van der Waals surface area contributed by atoms with Gasteiger partial charge in [-0.1, -0.05) is 6.92 Å². The summed E-state index contributed by atoms with van der Waals surface area (Å²) in [6, 6.07) is 1.56. The van der Waals surface area contributed by atoms with Crippen molar-refractivity contribution in [3.63, 3.8) is 0 Å². The molecule has 0 aliphatic heterocycles. The SMILES string of the molecule is CNC(=O)C(C)CN(C)C(=O)c1cc(C)nc(Cl)n1. The number of carbonyl (C=O) groups excluding carboxylic acids is 2. The average molecular weight is 285 g/mol. The van der Waals surface area contributed by atoms with Crippen molar-refractivity contribution in [3.05, 3.63) is 22.7 Å². The van der Waals surface area contributed by atoms with Crippen molar-refractivity contribution in [2.24, 2.45) is 5.92 Å². The Hall–Kier alpha value is -1.69. The fraction of sp³-hybridized carbons (Fsp3) is 0.500. The van der Waals surface area contributed by atoms with Crippen LogP contribution in [0, 0.1) is 12.8 Å². The van der Waals surface area contributed by atoms with Gasteiger partial charge in [-0.05, 0) is 24.6 Å². The molecule has 0 saturated carbocycles. The molecule has 1 aromatic heterocycles. The van der Waals surface area contributed by atoms with E-state index < -0.39 is 0 Å². The summed E-state index contributed by atoms with van der Waals surface area (Å²) in [6.45, 7) is 3.79. The first-order valence-electron chi connectivity index (χ1n) is 5.83. The van der Waals surface area contributed by atoms with Crippen LogP contribution in [-0.2, 0) is 4.79 Å². The molecule has 0 bridgehead atoms. The molecule has 0 saturated heterocycles. The van der Waals surface area contributed by atoms with Gasteiger partial charge in [-0.3, -0.25) is 9.59 Å². The molecule has 1 atom stereocenters. The number of hydrogen-bond donors (Lipinski definition) is 1. The minimum Gasteiger partial charge on any atom is -0.359 e. The van der Waals surface area contributed by atoms with E-state index >= 15 is 0 Å². The summed E-state index contributed by atoms with van der Waals surface area (Å²) in [6.07, 6.45) is 0. The summed E-state index contributed by atoms with van der Waals surface area (Å²) >= 11 is 5.72. The maximum absolute atomic E-state index is 12.1. The zero-order chi connectivity index (χ0) is 14.6. The second-order valence-corrected chi connectivity index (χ2v) is 4.70. The Labute approximate surface area is 117 Å². The molecular weight excluding hydrogens is 268 g/mol. The second kappa shape index (κ2) is 6.47. The first kappa shape index (κ1) is 15.4. The minimum absolute atomic E-state index is 0.0381. The molecule has 0 radical (unpaired) electrons. The van der Waals surface area contributed by atoms with Crippen LogP contribution < -0.4 is 5.32 Å². The Bertz CT molecular complexity index is 472. The number of halogens is 1. The largest absolute Gasteiger partial charge is 0.359 e. The molecule has 1 unspecified atom stereocenters. The van der Waals surface area contributed by atoms with E-state index in [9.17, 15) is 9.59 Å². The normalized spacial score (nSPS) is 11.8. The Kier molecular flexibility index (Phi) is 5.23. The number of amides is 2. The topological polar surface area (TPSA) is 75.2 Å². The molecule has 0 aromatic carbocycles. The van der Waals surface area contributed by atoms with Crippen molar-refractivity contribution in [1.29, 1.82) is 0 Å². The molecule has 104 valence electrons. The summed E-state index contributed by atoms with van der Waals surface area (Å²) in [5, 5.41) is 2.58. The van der Waals surface area contributed by atoms with Crippen molar-refractivity contribution in [2.45, 2.75) is 13.8 Å². The molecule has 2 amide bonds. The molecular formula is C12H17ClN4O2. The number of carbonyl (C=O) groups is 2. The van der Waals surface area contributed by atoms with Gasteiger partial charge in [0.2, 0.25) is 11.2 Å². The number of nitrogens with one attached hydrogen (secondary N) is 1. The molecule has 6 nitrogen and oxygen atoms in total. The third-order valence-corrected chi connectivity index (χ3v) is 2.80. The summed E-state index contributed by atoms with van der Waals surface area (Å²) in [7, 11) is 3.18. The summed E-state index contributed by atoms with van der Waals surface area (Å²) in [5.74, 6) is -0.697. The van der Waals surface area contributed by atoms with E-state index in [0.29, 0.717) is 12.2 Å². The van der Waals surface area contributed by atoms with Gasteiger partial charge in [0.15, 0.2) is 0 Å². The molecule has 19 heavy (non-hydrogen) atoms. The number of nitrogens with zero attached hydrogens (tertiary/aromatic N) is 3. The fourth-order valence-corrected chi connectivity index (χ4v) is 1.88. The van der Waals surface area contributed by atoms with Crippen LogP contribution in [0.5, 0.6) is 0 Å². The lowest BCUT2D eigenvalue weighted by atomic mass is 10.1. The van der Waals surface area contributed by atoms with Crippen LogP contribution in [0.15, 0.2) is 6.07 Å². The smallest absolute Gasteiger partial charge is 0.272 e. The third kappa shape index (κ3) is 4.17. The van der Waals surface area contributed by atoms with Gasteiger partial charge >= 0.3 is 0 Å². The van der Waals surface area contributed by atoms with E-state index in [0.717, 1.165) is 0 Å². The average Bonchev–Trinajstić information content (AvgIpc) is 2.35. The van der Waals surface area contributed by atoms with Gasteiger partial charge < -0.3 is 10.2 Å². The molecule has 1 N–H and O–H groups in total. The van der Waals surface area contributed by atoms with E-state index in [1.807, 2.05) is 0 Å². The lowest BCUT2D eigenvalue weighted by molar-refractivity contribution is -0.124. The van der Waals surface area contributed by atoms with Crippen molar-refractivity contribution in [3.8, 4) is 0 Å². The number of aryl methyl sites for hydroxylation is 1. The lowest BCUT2D eigenvalue weighted by Gasteiger charge is -2.20. The van der Waals surface area contributed by atoms with Crippen LogP contribution in [0.25, 0.3) is 0 Å². The standard InChI is InChI=1S/C12H17ClN4O2/c1-7(10(18)14-3)6-17(4)11(19)9-5-8(2)15-12(13)16-9/h5,7H,6H2,1-4H3,(H,14,18). The molecule has 0 fully saturated rings. The van der Waals surface area contributed by atoms with Crippen LogP contribution in [0.3, 0.4) is 0 Å². The predicted molar refractivity (Wildman–Crippen MR) is 72.0 cm³/mol. The Morgan fingerprint density at radius 1 is 1.47 bits per heavy atom. The lowest BCUT2D eigenvalue weighted by Crippen LogP contribution is -2.37. The third-order valence-electron chi connectivity index (χ3n) is 2.63. The Morgan fingerprint density at radius 3 is 2.63 bits per heavy atom. The van der Waals surface area contributed by atoms with Gasteiger partial charge in [0.1, 0.15) is 5.69 Å². The highest BCUT2D eigenvalue weighted by Gasteiger charge is 2.19. The Balaban J connectivity index is 2.79. The summed E-state index contributed by atoms with van der Waals surface area (Å²) in [4.78, 5) is 32.8. The van der Waals surface area contributed by atoms with Crippen molar-refractivity contribution in [2.75, 3.05) is 20.6 Å². The van der Waals surface area contributed by atoms with Gasteiger partial charge in [0.05, 0.1) is 5.92 Å². The van der Waals surface area contributed by atoms with Crippen molar-refractivity contribution in [1.82, 2.24) is 20.2 Å². The van der Waals surface area contributed by atoms with Crippen molar-refractivity contribution >= 4 is 23.4 Å². The molecule has 0 aliphatic carbocycles. The van der Waals surface area contributed by atoms with E-state index in [1.54, 1.807) is 34.0 Å². The first-order valence-corrected chi connectivity index (χ1v) is 6.21. The summed E-state index contributed by atoms with van der Waals surface area (Å²) < 4.78 is 0. The van der Waals surface area contributed by atoms with Gasteiger partial charge in [0.25, 0.3) is 5.91 Å². The van der Waals surface area contributed by atoms with E-state index in [1.165, 1.54) is 4.90 Å². The fourth-order valence-electron chi connectivity index (χ4n) is 1.66. The van der Waals surface area contributed by atoms with Gasteiger partial charge in [-0.15, -0.1) is 0 Å². The van der Waals surface area contributed by atoms with E-state index in [4.69, 9.17) is 11.6 Å². The van der Waals surface area contributed by atoms with Crippen LogP contribution in [0.1, 0.15) is 23.1 Å². The molecule has 1 heterocycles. The molecule has 1 rings (SSSR count).